The van der Waals surface area contributed by atoms with Crippen LogP contribution in [-0.2, 0) is 21.7 Å². The number of halogens is 1. The van der Waals surface area contributed by atoms with Crippen molar-refractivity contribution in [2.75, 3.05) is 5.33 Å². The standard InChI is InChI=1S/2C5H5.C2H5Br.Ti/c2*1-2-4-5-3-1;1-2-3;/h2*1-5H;2H2,1H3;/q2*-1;;+2. The first-order valence-electron chi connectivity index (χ1n) is 4.31. The van der Waals surface area contributed by atoms with Crippen molar-refractivity contribution in [3.63, 3.8) is 0 Å². The normalized spacial score (nSPS) is 7.00. The molecule has 0 aliphatic rings. The second kappa shape index (κ2) is 15.4. The molecule has 0 saturated carbocycles. The molecule has 14 heavy (non-hydrogen) atoms. The maximum absolute atomic E-state index is 3.15. The first-order chi connectivity index (χ1) is 6.41. The van der Waals surface area contributed by atoms with Crippen molar-refractivity contribution in [2.24, 2.45) is 0 Å². The minimum absolute atomic E-state index is 0. The van der Waals surface area contributed by atoms with Crippen molar-refractivity contribution in [3.05, 3.63) is 60.7 Å². The summed E-state index contributed by atoms with van der Waals surface area (Å²) >= 11 is 3.15. The van der Waals surface area contributed by atoms with Crippen LogP contribution < -0.4 is 0 Å². The van der Waals surface area contributed by atoms with Gasteiger partial charge in [0.25, 0.3) is 0 Å². The van der Waals surface area contributed by atoms with E-state index in [1.54, 1.807) is 0 Å². The van der Waals surface area contributed by atoms with E-state index in [1.165, 1.54) is 0 Å². The third-order valence-corrected chi connectivity index (χ3v) is 1.11. The number of rotatable bonds is 0. The van der Waals surface area contributed by atoms with Gasteiger partial charge in [-0.3, -0.25) is 0 Å². The summed E-state index contributed by atoms with van der Waals surface area (Å²) < 4.78 is 0. The molecule has 0 aromatic heterocycles. The van der Waals surface area contributed by atoms with Crippen LogP contribution in [0, 0.1) is 0 Å². The van der Waals surface area contributed by atoms with Crippen LogP contribution in [0.25, 0.3) is 0 Å². The molecule has 2 aromatic carbocycles. The quantitative estimate of drug-likeness (QED) is 0.387. The molecule has 0 bridgehead atoms. The first-order valence-corrected chi connectivity index (χ1v) is 5.43. The summed E-state index contributed by atoms with van der Waals surface area (Å²) in [5.41, 5.74) is 0. The topological polar surface area (TPSA) is 0 Å². The van der Waals surface area contributed by atoms with E-state index in [0.717, 1.165) is 5.33 Å². The molecular formula is C12H15BrTi. The molecule has 0 aliphatic heterocycles. The van der Waals surface area contributed by atoms with Crippen LogP contribution in [0.15, 0.2) is 60.7 Å². The van der Waals surface area contributed by atoms with Crippen molar-refractivity contribution >= 4 is 15.9 Å². The molecule has 0 amide bonds. The van der Waals surface area contributed by atoms with Crippen LogP contribution in [0.4, 0.5) is 0 Å². The summed E-state index contributed by atoms with van der Waals surface area (Å²) in [6.07, 6.45) is 0. The number of alkyl halides is 1. The summed E-state index contributed by atoms with van der Waals surface area (Å²) in [7, 11) is 0. The molecule has 0 spiro atoms. The Hall–Kier alpha value is -0.106. The Morgan fingerprint density at radius 3 is 1.14 bits per heavy atom. The SMILES string of the molecule is CCBr.[Ti+2].c1cc[cH-]c1.c1cc[cH-]c1. The predicted octanol–water partition coefficient (Wildman–Crippen LogP) is 4.21. The molecule has 0 N–H and O–H groups in total. The fourth-order valence-corrected chi connectivity index (χ4v) is 0.642. The zero-order chi connectivity index (χ0) is 9.78. The minimum Gasteiger partial charge on any atom is -0.214 e. The summed E-state index contributed by atoms with van der Waals surface area (Å²) in [6.45, 7) is 2.04. The molecule has 2 heteroatoms. The fourth-order valence-electron chi connectivity index (χ4n) is 0.642. The van der Waals surface area contributed by atoms with Gasteiger partial charge >= 0.3 is 21.7 Å². The Kier molecular flexibility index (Phi) is 17.9. The van der Waals surface area contributed by atoms with Crippen molar-refractivity contribution in [3.8, 4) is 0 Å². The van der Waals surface area contributed by atoms with E-state index < -0.39 is 0 Å². The van der Waals surface area contributed by atoms with E-state index in [2.05, 4.69) is 15.9 Å². The smallest absolute Gasteiger partial charge is 0.214 e. The Labute approximate surface area is 110 Å². The molecule has 0 radical (unpaired) electrons. The van der Waals surface area contributed by atoms with E-state index in [1.807, 2.05) is 67.6 Å². The van der Waals surface area contributed by atoms with Gasteiger partial charge < -0.3 is 0 Å². The number of hydrogen-bond acceptors (Lipinski definition) is 0. The Morgan fingerprint density at radius 2 is 1.07 bits per heavy atom. The Bertz CT molecular complexity index is 162. The van der Waals surface area contributed by atoms with Crippen LogP contribution in [0.1, 0.15) is 6.92 Å². The van der Waals surface area contributed by atoms with E-state index in [4.69, 9.17) is 0 Å². The summed E-state index contributed by atoms with van der Waals surface area (Å²) in [5, 5.41) is 1.06. The minimum atomic E-state index is 0. The monoisotopic (exact) mass is 286 g/mol. The van der Waals surface area contributed by atoms with Crippen molar-refractivity contribution in [1.82, 2.24) is 0 Å². The number of hydrogen-bond donors (Lipinski definition) is 0. The molecule has 0 aliphatic carbocycles. The zero-order valence-corrected chi connectivity index (χ0v) is 11.5. The van der Waals surface area contributed by atoms with E-state index >= 15 is 0 Å². The van der Waals surface area contributed by atoms with Gasteiger partial charge in [-0.25, -0.2) is 24.3 Å². The average Bonchev–Trinajstić information content (AvgIpc) is 2.85. The van der Waals surface area contributed by atoms with Crippen molar-refractivity contribution in [1.29, 1.82) is 0 Å². The van der Waals surface area contributed by atoms with Crippen LogP contribution >= 0.6 is 15.9 Å². The summed E-state index contributed by atoms with van der Waals surface area (Å²) in [6, 6.07) is 20.0. The fraction of sp³-hybridized carbons (Fsp3) is 0.167. The molecule has 2 aromatic rings. The van der Waals surface area contributed by atoms with Gasteiger partial charge in [0.1, 0.15) is 0 Å². The Morgan fingerprint density at radius 1 is 0.857 bits per heavy atom. The van der Waals surface area contributed by atoms with Gasteiger partial charge in [0.2, 0.25) is 0 Å². The maximum Gasteiger partial charge on any atom is 2.00 e. The van der Waals surface area contributed by atoms with Gasteiger partial charge in [0, 0.05) is 5.33 Å². The molecule has 74 valence electrons. The van der Waals surface area contributed by atoms with Crippen molar-refractivity contribution < 1.29 is 21.7 Å². The molecule has 0 saturated heterocycles. The molecule has 2 rings (SSSR count). The van der Waals surface area contributed by atoms with E-state index in [9.17, 15) is 0 Å². The van der Waals surface area contributed by atoms with Gasteiger partial charge in [-0.15, -0.1) is 0 Å². The molecule has 0 nitrogen and oxygen atoms in total. The summed E-state index contributed by atoms with van der Waals surface area (Å²) in [5.74, 6) is 0. The average molecular weight is 287 g/mol. The van der Waals surface area contributed by atoms with Gasteiger partial charge in [-0.05, 0) is 0 Å². The van der Waals surface area contributed by atoms with Crippen LogP contribution in [0.5, 0.6) is 0 Å². The van der Waals surface area contributed by atoms with Gasteiger partial charge in [0.05, 0.1) is 0 Å². The third-order valence-electron chi connectivity index (χ3n) is 1.11. The van der Waals surface area contributed by atoms with Crippen LogP contribution in [-0.4, -0.2) is 5.33 Å². The van der Waals surface area contributed by atoms with Crippen molar-refractivity contribution in [2.45, 2.75) is 6.92 Å². The Balaban J connectivity index is 0. The predicted molar refractivity (Wildman–Crippen MR) is 63.5 cm³/mol. The van der Waals surface area contributed by atoms with Crippen LogP contribution in [0.3, 0.4) is 0 Å². The second-order valence-corrected chi connectivity index (χ2v) is 3.31. The second-order valence-electron chi connectivity index (χ2n) is 2.19. The van der Waals surface area contributed by atoms with E-state index in [-0.39, 0.29) is 21.7 Å². The van der Waals surface area contributed by atoms with Gasteiger partial charge in [-0.1, -0.05) is 22.9 Å². The largest absolute Gasteiger partial charge is 2.00 e. The zero-order valence-electron chi connectivity index (χ0n) is 8.36. The van der Waals surface area contributed by atoms with Gasteiger partial charge in [0.15, 0.2) is 0 Å². The maximum atomic E-state index is 3.15. The van der Waals surface area contributed by atoms with E-state index in [0.29, 0.717) is 0 Å². The molecule has 0 atom stereocenters. The molecule has 0 fully saturated rings. The van der Waals surface area contributed by atoms with Gasteiger partial charge in [-0.2, -0.15) is 36.4 Å². The first kappa shape index (κ1) is 16.3. The molecule has 0 unspecified atom stereocenters. The summed E-state index contributed by atoms with van der Waals surface area (Å²) in [4.78, 5) is 0. The third kappa shape index (κ3) is 14.4. The molecular weight excluding hydrogens is 272 g/mol. The van der Waals surface area contributed by atoms with Crippen LogP contribution in [0.2, 0.25) is 0 Å². The molecule has 0 heterocycles.